The Morgan fingerprint density at radius 2 is 1.93 bits per heavy atom. The van der Waals surface area contributed by atoms with Crippen LogP contribution in [0.25, 0.3) is 0 Å². The number of rotatable bonds is 2. The Morgan fingerprint density at radius 3 is 2.29 bits per heavy atom. The third-order valence-electron chi connectivity index (χ3n) is 2.29. The zero-order valence-electron chi connectivity index (χ0n) is 9.42. The van der Waals surface area contributed by atoms with Crippen LogP contribution in [-0.2, 0) is 19.0 Å². The first kappa shape index (κ1) is 11.5. The minimum absolute atomic E-state index is 0.229. The van der Waals surface area contributed by atoms with E-state index in [0.29, 0.717) is 0 Å². The minimum Gasteiger partial charge on any atom is -0.469 e. The molecule has 1 atom stereocenters. The van der Waals surface area contributed by atoms with Gasteiger partial charge in [-0.05, 0) is 27.7 Å². The van der Waals surface area contributed by atoms with Crippen molar-refractivity contribution in [2.45, 2.75) is 51.6 Å². The van der Waals surface area contributed by atoms with Gasteiger partial charge in [0.05, 0.1) is 25.2 Å². The number of esters is 1. The molecular weight excluding hydrogens is 184 g/mol. The van der Waals surface area contributed by atoms with Crippen LogP contribution < -0.4 is 0 Å². The summed E-state index contributed by atoms with van der Waals surface area (Å²) >= 11 is 0. The van der Waals surface area contributed by atoms with Gasteiger partial charge < -0.3 is 14.2 Å². The quantitative estimate of drug-likeness (QED) is 0.636. The van der Waals surface area contributed by atoms with E-state index in [1.54, 1.807) is 0 Å². The number of carbonyl (C=O) groups is 1. The maximum absolute atomic E-state index is 11.1. The molecule has 0 N–H and O–H groups in total. The van der Waals surface area contributed by atoms with Crippen LogP contribution in [0, 0.1) is 0 Å². The van der Waals surface area contributed by atoms with Gasteiger partial charge in [-0.25, -0.2) is 0 Å². The monoisotopic (exact) mass is 202 g/mol. The highest BCUT2D eigenvalue weighted by molar-refractivity contribution is 5.70. The van der Waals surface area contributed by atoms with Gasteiger partial charge in [-0.3, -0.25) is 4.79 Å². The average molecular weight is 202 g/mol. The van der Waals surface area contributed by atoms with E-state index in [1.165, 1.54) is 7.11 Å². The number of ether oxygens (including phenoxy) is 3. The summed E-state index contributed by atoms with van der Waals surface area (Å²) in [7, 11) is 1.37. The molecule has 0 aromatic carbocycles. The zero-order chi connectivity index (χ0) is 11.0. The Balaban J connectivity index is 2.66. The molecular formula is C10H18O4. The number of hydrogen-bond donors (Lipinski definition) is 0. The van der Waals surface area contributed by atoms with Crippen LogP contribution >= 0.6 is 0 Å². The van der Waals surface area contributed by atoms with E-state index >= 15 is 0 Å². The van der Waals surface area contributed by atoms with E-state index in [1.807, 2.05) is 27.7 Å². The number of methoxy groups -OCH3 is 1. The molecule has 0 bridgehead atoms. The van der Waals surface area contributed by atoms with E-state index in [0.717, 1.165) is 0 Å². The second kappa shape index (κ2) is 3.51. The van der Waals surface area contributed by atoms with Crippen molar-refractivity contribution in [3.63, 3.8) is 0 Å². The molecule has 4 heteroatoms. The summed E-state index contributed by atoms with van der Waals surface area (Å²) in [4.78, 5) is 11.1. The van der Waals surface area contributed by atoms with Crippen molar-refractivity contribution in [3.05, 3.63) is 0 Å². The summed E-state index contributed by atoms with van der Waals surface area (Å²) < 4.78 is 15.9. The lowest BCUT2D eigenvalue weighted by molar-refractivity contribution is -0.159. The number of carbonyl (C=O) groups excluding carboxylic acids is 1. The molecule has 1 aliphatic rings. The molecule has 0 saturated carbocycles. The fraction of sp³-hybridized carbons (Fsp3) is 0.900. The fourth-order valence-electron chi connectivity index (χ4n) is 1.73. The molecule has 82 valence electrons. The molecule has 1 saturated heterocycles. The lowest BCUT2D eigenvalue weighted by Gasteiger charge is -2.23. The lowest BCUT2D eigenvalue weighted by atomic mass is 9.99. The molecule has 4 nitrogen and oxygen atoms in total. The van der Waals surface area contributed by atoms with Crippen LogP contribution in [0.3, 0.4) is 0 Å². The van der Waals surface area contributed by atoms with Gasteiger partial charge in [0.2, 0.25) is 0 Å². The van der Waals surface area contributed by atoms with Gasteiger partial charge in [-0.1, -0.05) is 0 Å². The molecule has 1 fully saturated rings. The molecule has 14 heavy (non-hydrogen) atoms. The summed E-state index contributed by atoms with van der Waals surface area (Å²) in [5.41, 5.74) is -0.447. The highest BCUT2D eigenvalue weighted by Crippen LogP contribution is 2.37. The van der Waals surface area contributed by atoms with E-state index < -0.39 is 11.4 Å². The maximum Gasteiger partial charge on any atom is 0.308 e. The molecule has 1 rings (SSSR count). The topological polar surface area (TPSA) is 44.8 Å². The first-order chi connectivity index (χ1) is 6.27. The fourth-order valence-corrected chi connectivity index (χ4v) is 1.73. The SMILES string of the molecule is COC(=O)CC1OC(C)(C)OC1(C)C. The second-order valence-electron chi connectivity index (χ2n) is 4.49. The average Bonchev–Trinajstić information content (AvgIpc) is 2.19. The van der Waals surface area contributed by atoms with Crippen molar-refractivity contribution in [1.82, 2.24) is 0 Å². The van der Waals surface area contributed by atoms with Crippen LogP contribution in [0.2, 0.25) is 0 Å². The van der Waals surface area contributed by atoms with Crippen molar-refractivity contribution in [3.8, 4) is 0 Å². The Hall–Kier alpha value is -0.610. The smallest absolute Gasteiger partial charge is 0.308 e. The largest absolute Gasteiger partial charge is 0.469 e. The van der Waals surface area contributed by atoms with Gasteiger partial charge >= 0.3 is 5.97 Å². The molecule has 0 aliphatic carbocycles. The molecule has 1 heterocycles. The van der Waals surface area contributed by atoms with Gasteiger partial charge in [-0.2, -0.15) is 0 Å². The predicted molar refractivity (Wildman–Crippen MR) is 50.7 cm³/mol. The summed E-state index contributed by atoms with van der Waals surface area (Å²) in [6.45, 7) is 7.50. The Morgan fingerprint density at radius 1 is 1.36 bits per heavy atom. The first-order valence-electron chi connectivity index (χ1n) is 4.72. The highest BCUT2D eigenvalue weighted by atomic mass is 16.8. The van der Waals surface area contributed by atoms with Crippen molar-refractivity contribution in [2.24, 2.45) is 0 Å². The molecule has 0 amide bonds. The summed E-state index contributed by atoms with van der Waals surface area (Å²) in [6.07, 6.45) is -0.0163. The van der Waals surface area contributed by atoms with Crippen LogP contribution in [0.15, 0.2) is 0 Å². The second-order valence-corrected chi connectivity index (χ2v) is 4.49. The summed E-state index contributed by atoms with van der Waals surface area (Å²) in [6, 6.07) is 0. The van der Waals surface area contributed by atoms with Crippen LogP contribution in [0.5, 0.6) is 0 Å². The first-order valence-corrected chi connectivity index (χ1v) is 4.72. The van der Waals surface area contributed by atoms with E-state index in [2.05, 4.69) is 4.74 Å². The molecule has 0 aromatic heterocycles. The third kappa shape index (κ3) is 2.45. The van der Waals surface area contributed by atoms with Crippen LogP contribution in [0.4, 0.5) is 0 Å². The molecule has 0 radical (unpaired) electrons. The van der Waals surface area contributed by atoms with Gasteiger partial charge in [0, 0.05) is 0 Å². The molecule has 1 aliphatic heterocycles. The Kier molecular flexibility index (Phi) is 2.88. The predicted octanol–water partition coefficient (Wildman–Crippen LogP) is 1.48. The maximum atomic E-state index is 11.1. The summed E-state index contributed by atoms with van der Waals surface area (Å²) in [5, 5.41) is 0. The normalized spacial score (nSPS) is 28.8. The van der Waals surface area contributed by atoms with Crippen molar-refractivity contribution >= 4 is 5.97 Å². The minimum atomic E-state index is -0.623. The molecule has 0 aromatic rings. The van der Waals surface area contributed by atoms with Crippen molar-refractivity contribution in [1.29, 1.82) is 0 Å². The van der Waals surface area contributed by atoms with Crippen molar-refractivity contribution in [2.75, 3.05) is 7.11 Å². The van der Waals surface area contributed by atoms with Gasteiger partial charge in [0.1, 0.15) is 0 Å². The Labute approximate surface area is 84.5 Å². The lowest BCUT2D eigenvalue weighted by Crippen LogP contribution is -2.35. The van der Waals surface area contributed by atoms with Gasteiger partial charge in [0.25, 0.3) is 0 Å². The molecule has 0 spiro atoms. The molecule has 1 unspecified atom stereocenters. The van der Waals surface area contributed by atoms with Gasteiger partial charge in [0.15, 0.2) is 5.79 Å². The van der Waals surface area contributed by atoms with Crippen LogP contribution in [-0.4, -0.2) is 30.6 Å². The standard InChI is InChI=1S/C10H18O4/c1-9(2)7(6-8(11)12-5)13-10(3,4)14-9/h7H,6H2,1-5H3. The summed E-state index contributed by atoms with van der Waals surface area (Å²) in [5.74, 6) is -0.897. The highest BCUT2D eigenvalue weighted by Gasteiger charge is 2.47. The number of hydrogen-bond acceptors (Lipinski definition) is 4. The van der Waals surface area contributed by atoms with E-state index in [4.69, 9.17) is 9.47 Å². The van der Waals surface area contributed by atoms with E-state index in [-0.39, 0.29) is 18.5 Å². The van der Waals surface area contributed by atoms with E-state index in [9.17, 15) is 4.79 Å². The van der Waals surface area contributed by atoms with Gasteiger partial charge in [-0.15, -0.1) is 0 Å². The zero-order valence-corrected chi connectivity index (χ0v) is 9.42. The van der Waals surface area contributed by atoms with Crippen LogP contribution in [0.1, 0.15) is 34.1 Å². The third-order valence-corrected chi connectivity index (χ3v) is 2.29. The Bertz CT molecular complexity index is 232. The van der Waals surface area contributed by atoms with Crippen molar-refractivity contribution < 1.29 is 19.0 Å².